The Balaban J connectivity index is 2.34. The molecule has 0 aliphatic rings. The lowest BCUT2D eigenvalue weighted by Gasteiger charge is -2.13. The number of anilines is 1. The maximum absolute atomic E-state index is 11.5. The normalized spacial score (nSPS) is 10.6. The molecule has 0 spiro atoms. The second-order valence-electron chi connectivity index (χ2n) is 4.39. The van der Waals surface area contributed by atoms with Crippen LogP contribution in [0.25, 0.3) is 0 Å². The number of carboxylic acid groups (broad SMARTS) is 1. The van der Waals surface area contributed by atoms with Gasteiger partial charge in [0.2, 0.25) is 0 Å². The van der Waals surface area contributed by atoms with Gasteiger partial charge in [-0.25, -0.2) is 4.79 Å². The number of aromatic nitrogens is 3. The molecule has 21 heavy (non-hydrogen) atoms. The molecule has 2 aromatic rings. The number of nitrogens with one attached hydrogen (secondary N) is 2. The molecule has 112 valence electrons. The number of carbonyl (C=O) groups is 1. The Bertz CT molecular complexity index is 708. The number of thiazole rings is 1. The van der Waals surface area contributed by atoms with Crippen LogP contribution in [0.5, 0.6) is 0 Å². The Morgan fingerprint density at radius 3 is 2.67 bits per heavy atom. The summed E-state index contributed by atoms with van der Waals surface area (Å²) in [6.07, 6.45) is 1.21. The number of hydrogen-bond acceptors (Lipinski definition) is 6. The predicted molar refractivity (Wildman–Crippen MR) is 80.0 cm³/mol. The number of aromatic carboxylic acids is 1. The van der Waals surface area contributed by atoms with Crippen LogP contribution < -0.4 is 10.2 Å². The van der Waals surface area contributed by atoms with Crippen LogP contribution in [-0.2, 0) is 19.4 Å². The van der Waals surface area contributed by atoms with Crippen molar-refractivity contribution in [2.75, 3.05) is 5.32 Å². The van der Waals surface area contributed by atoms with Crippen molar-refractivity contribution in [2.24, 2.45) is 0 Å². The van der Waals surface area contributed by atoms with Crippen molar-refractivity contribution in [3.63, 3.8) is 0 Å². The SMILES string of the molecule is CCc1nnc(NCc2csc(=O)[nH]2)c(C(=O)O)c1CC. The summed E-state index contributed by atoms with van der Waals surface area (Å²) < 4.78 is 0. The largest absolute Gasteiger partial charge is 0.478 e. The van der Waals surface area contributed by atoms with Gasteiger partial charge in [-0.3, -0.25) is 4.79 Å². The Morgan fingerprint density at radius 1 is 1.38 bits per heavy atom. The molecule has 2 rings (SSSR count). The van der Waals surface area contributed by atoms with Gasteiger partial charge in [-0.1, -0.05) is 25.2 Å². The van der Waals surface area contributed by atoms with E-state index in [0.29, 0.717) is 36.3 Å². The Hall–Kier alpha value is -2.22. The van der Waals surface area contributed by atoms with E-state index >= 15 is 0 Å². The first-order chi connectivity index (χ1) is 10.1. The summed E-state index contributed by atoms with van der Waals surface area (Å²) in [7, 11) is 0. The summed E-state index contributed by atoms with van der Waals surface area (Å²) in [4.78, 5) is 25.1. The second kappa shape index (κ2) is 6.49. The van der Waals surface area contributed by atoms with Crippen molar-refractivity contribution in [1.82, 2.24) is 15.2 Å². The number of H-pyrrole nitrogens is 1. The molecule has 0 saturated heterocycles. The summed E-state index contributed by atoms with van der Waals surface area (Å²) in [6, 6.07) is 0. The van der Waals surface area contributed by atoms with Crippen LogP contribution >= 0.6 is 11.3 Å². The molecule has 0 atom stereocenters. The third kappa shape index (κ3) is 3.27. The maximum Gasteiger partial charge on any atom is 0.339 e. The first kappa shape index (κ1) is 15.2. The monoisotopic (exact) mass is 308 g/mol. The Kier molecular flexibility index (Phi) is 4.69. The third-order valence-electron chi connectivity index (χ3n) is 3.08. The van der Waals surface area contributed by atoms with E-state index in [1.165, 1.54) is 0 Å². The fraction of sp³-hybridized carbons (Fsp3) is 0.385. The highest BCUT2D eigenvalue weighted by atomic mass is 32.1. The summed E-state index contributed by atoms with van der Waals surface area (Å²) in [5, 5.41) is 22.1. The summed E-state index contributed by atoms with van der Waals surface area (Å²) in [6.45, 7) is 4.10. The highest BCUT2D eigenvalue weighted by Gasteiger charge is 2.20. The van der Waals surface area contributed by atoms with Crippen molar-refractivity contribution >= 4 is 23.1 Å². The zero-order valence-electron chi connectivity index (χ0n) is 11.8. The van der Waals surface area contributed by atoms with Crippen LogP contribution in [0.15, 0.2) is 10.2 Å². The van der Waals surface area contributed by atoms with Crippen LogP contribution in [0, 0.1) is 0 Å². The molecule has 0 aliphatic carbocycles. The van der Waals surface area contributed by atoms with Crippen molar-refractivity contribution in [3.05, 3.63) is 37.6 Å². The first-order valence-electron chi connectivity index (χ1n) is 6.59. The fourth-order valence-corrected chi connectivity index (χ4v) is 2.69. The summed E-state index contributed by atoms with van der Waals surface area (Å²) in [5.74, 6) is -0.804. The van der Waals surface area contributed by atoms with E-state index in [2.05, 4.69) is 20.5 Å². The predicted octanol–water partition coefficient (Wildman–Crippen LogP) is 1.66. The van der Waals surface area contributed by atoms with Gasteiger partial charge in [0, 0.05) is 11.1 Å². The van der Waals surface area contributed by atoms with E-state index in [4.69, 9.17) is 0 Å². The van der Waals surface area contributed by atoms with Crippen LogP contribution in [0.1, 0.15) is 41.2 Å². The van der Waals surface area contributed by atoms with E-state index in [-0.39, 0.29) is 16.3 Å². The summed E-state index contributed by atoms with van der Waals surface area (Å²) in [5.41, 5.74) is 2.23. The third-order valence-corrected chi connectivity index (χ3v) is 3.80. The lowest BCUT2D eigenvalue weighted by Crippen LogP contribution is -2.15. The van der Waals surface area contributed by atoms with Gasteiger partial charge >= 0.3 is 10.8 Å². The van der Waals surface area contributed by atoms with Gasteiger partial charge < -0.3 is 15.4 Å². The lowest BCUT2D eigenvalue weighted by molar-refractivity contribution is 0.0696. The van der Waals surface area contributed by atoms with Gasteiger partial charge in [0.1, 0.15) is 5.56 Å². The van der Waals surface area contributed by atoms with Gasteiger partial charge in [0.05, 0.1) is 12.2 Å². The molecule has 0 amide bonds. The number of aromatic amines is 1. The molecule has 7 nitrogen and oxygen atoms in total. The molecule has 2 heterocycles. The molecule has 0 saturated carbocycles. The molecule has 0 unspecified atom stereocenters. The molecule has 0 radical (unpaired) electrons. The number of carboxylic acids is 1. The summed E-state index contributed by atoms with van der Waals surface area (Å²) >= 11 is 1.06. The van der Waals surface area contributed by atoms with Crippen LogP contribution in [0.2, 0.25) is 0 Å². The number of hydrogen-bond donors (Lipinski definition) is 3. The smallest absolute Gasteiger partial charge is 0.339 e. The first-order valence-corrected chi connectivity index (χ1v) is 7.47. The van der Waals surface area contributed by atoms with Crippen molar-refractivity contribution in [2.45, 2.75) is 33.2 Å². The van der Waals surface area contributed by atoms with E-state index in [1.807, 2.05) is 13.8 Å². The van der Waals surface area contributed by atoms with Gasteiger partial charge in [0.15, 0.2) is 5.82 Å². The van der Waals surface area contributed by atoms with Gasteiger partial charge in [-0.15, -0.1) is 5.10 Å². The second-order valence-corrected chi connectivity index (χ2v) is 5.23. The van der Waals surface area contributed by atoms with Crippen LogP contribution in [-0.4, -0.2) is 26.3 Å². The molecular weight excluding hydrogens is 292 g/mol. The zero-order chi connectivity index (χ0) is 15.4. The van der Waals surface area contributed by atoms with E-state index in [9.17, 15) is 14.7 Å². The van der Waals surface area contributed by atoms with E-state index in [1.54, 1.807) is 5.38 Å². The maximum atomic E-state index is 11.5. The topological polar surface area (TPSA) is 108 Å². The molecule has 8 heteroatoms. The van der Waals surface area contributed by atoms with Gasteiger partial charge in [-0.2, -0.15) is 5.10 Å². The molecule has 0 aliphatic heterocycles. The number of nitrogens with zero attached hydrogens (tertiary/aromatic N) is 2. The van der Waals surface area contributed by atoms with Gasteiger partial charge in [-0.05, 0) is 18.4 Å². The number of rotatable bonds is 6. The number of aryl methyl sites for hydroxylation is 1. The minimum absolute atomic E-state index is 0.146. The van der Waals surface area contributed by atoms with Crippen LogP contribution in [0.3, 0.4) is 0 Å². The standard InChI is InChI=1S/C13H16N4O3S/c1-3-8-9(4-2)16-17-11(10(8)12(18)19)14-5-7-6-21-13(20)15-7/h6H,3-5H2,1-2H3,(H,14,17)(H,15,20)(H,18,19). The molecular formula is C13H16N4O3S. The lowest BCUT2D eigenvalue weighted by atomic mass is 10.0. The van der Waals surface area contributed by atoms with E-state index < -0.39 is 5.97 Å². The fourth-order valence-electron chi connectivity index (χ4n) is 2.11. The highest BCUT2D eigenvalue weighted by Crippen LogP contribution is 2.21. The van der Waals surface area contributed by atoms with Gasteiger partial charge in [0.25, 0.3) is 0 Å². The van der Waals surface area contributed by atoms with Crippen molar-refractivity contribution in [1.29, 1.82) is 0 Å². The molecule has 0 bridgehead atoms. The quantitative estimate of drug-likeness (QED) is 0.749. The molecule has 2 aromatic heterocycles. The molecule has 0 aromatic carbocycles. The Labute approximate surface area is 125 Å². The Morgan fingerprint density at radius 2 is 2.14 bits per heavy atom. The average molecular weight is 308 g/mol. The molecule has 0 fully saturated rings. The van der Waals surface area contributed by atoms with Crippen molar-refractivity contribution < 1.29 is 9.90 Å². The minimum atomic E-state index is -1.03. The highest BCUT2D eigenvalue weighted by molar-refractivity contribution is 7.07. The van der Waals surface area contributed by atoms with E-state index in [0.717, 1.165) is 11.3 Å². The van der Waals surface area contributed by atoms with Crippen molar-refractivity contribution in [3.8, 4) is 0 Å². The zero-order valence-corrected chi connectivity index (χ0v) is 12.6. The average Bonchev–Trinajstić information content (AvgIpc) is 2.89. The molecule has 3 N–H and O–H groups in total. The minimum Gasteiger partial charge on any atom is -0.478 e. The van der Waals surface area contributed by atoms with Crippen LogP contribution in [0.4, 0.5) is 5.82 Å².